The highest BCUT2D eigenvalue weighted by Gasteiger charge is 2.23. The van der Waals surface area contributed by atoms with E-state index >= 15 is 0 Å². The summed E-state index contributed by atoms with van der Waals surface area (Å²) in [6, 6.07) is 7.38. The molecule has 1 aromatic carbocycles. The van der Waals surface area contributed by atoms with Gasteiger partial charge in [0.2, 0.25) is 10.0 Å². The maximum absolute atomic E-state index is 11.9. The molecule has 1 aliphatic carbocycles. The predicted molar refractivity (Wildman–Crippen MR) is 107 cm³/mol. The molecule has 0 aliphatic heterocycles. The monoisotopic (exact) mass is 380 g/mol. The maximum Gasteiger partial charge on any atom is 0.240 e. The van der Waals surface area contributed by atoms with Gasteiger partial charge in [0.25, 0.3) is 0 Å². The Balaban J connectivity index is 1.89. The second-order valence-corrected chi connectivity index (χ2v) is 9.17. The van der Waals surface area contributed by atoms with E-state index in [4.69, 9.17) is 0 Å². The molecule has 1 fully saturated rings. The second kappa shape index (κ2) is 9.37. The smallest absolute Gasteiger partial charge is 0.240 e. The number of aliphatic imine (C=N–C) groups is 1. The first-order valence-corrected chi connectivity index (χ1v) is 10.8. The number of rotatable bonds is 6. The quantitative estimate of drug-likeness (QED) is 0.523. The lowest BCUT2D eigenvalue weighted by atomic mass is 9.80. The molecule has 0 atom stereocenters. The standard InChI is InChI=1S/C19H32N4O2S/c1-14(2)16-8-10-17(11-9-16)23-19(20-3)22-13-15-6-5-7-18(12-15)26(24,25)21-4/h5-7,12,14,16-17,21H,8-11,13H2,1-4H3,(H2,20,22,23). The topological polar surface area (TPSA) is 82.6 Å². The number of guanidine groups is 1. The summed E-state index contributed by atoms with van der Waals surface area (Å²) in [6.07, 6.45) is 4.85. The Kier molecular flexibility index (Phi) is 7.46. The van der Waals surface area contributed by atoms with Crippen LogP contribution in [0.25, 0.3) is 0 Å². The molecule has 0 amide bonds. The van der Waals surface area contributed by atoms with E-state index in [1.165, 1.54) is 32.7 Å². The van der Waals surface area contributed by atoms with Gasteiger partial charge in [-0.15, -0.1) is 0 Å². The average molecular weight is 381 g/mol. The van der Waals surface area contributed by atoms with Gasteiger partial charge in [0.1, 0.15) is 0 Å². The van der Waals surface area contributed by atoms with Gasteiger partial charge in [0.15, 0.2) is 5.96 Å². The van der Waals surface area contributed by atoms with Gasteiger partial charge in [-0.3, -0.25) is 4.99 Å². The number of nitrogens with zero attached hydrogens (tertiary/aromatic N) is 1. The van der Waals surface area contributed by atoms with Gasteiger partial charge in [-0.25, -0.2) is 13.1 Å². The zero-order valence-electron chi connectivity index (χ0n) is 16.2. The van der Waals surface area contributed by atoms with Crippen LogP contribution >= 0.6 is 0 Å². The van der Waals surface area contributed by atoms with Gasteiger partial charge in [-0.05, 0) is 62.3 Å². The number of hydrogen-bond acceptors (Lipinski definition) is 3. The lowest BCUT2D eigenvalue weighted by molar-refractivity contribution is 0.250. The van der Waals surface area contributed by atoms with Crippen molar-refractivity contribution in [2.45, 2.75) is 57.0 Å². The molecular weight excluding hydrogens is 348 g/mol. The van der Waals surface area contributed by atoms with Crippen molar-refractivity contribution in [3.05, 3.63) is 29.8 Å². The Morgan fingerprint density at radius 3 is 2.50 bits per heavy atom. The largest absolute Gasteiger partial charge is 0.354 e. The fourth-order valence-electron chi connectivity index (χ4n) is 3.44. The molecule has 6 nitrogen and oxygen atoms in total. The fraction of sp³-hybridized carbons (Fsp3) is 0.632. The van der Waals surface area contributed by atoms with E-state index in [-0.39, 0.29) is 4.90 Å². The molecular formula is C19H32N4O2S. The molecule has 1 aliphatic rings. The number of hydrogen-bond donors (Lipinski definition) is 3. The summed E-state index contributed by atoms with van der Waals surface area (Å²) in [6.45, 7) is 5.14. The minimum absolute atomic E-state index is 0.272. The van der Waals surface area contributed by atoms with Gasteiger partial charge < -0.3 is 10.6 Å². The number of benzene rings is 1. The van der Waals surface area contributed by atoms with Crippen LogP contribution in [-0.4, -0.2) is 34.5 Å². The minimum Gasteiger partial charge on any atom is -0.354 e. The summed E-state index contributed by atoms with van der Waals surface area (Å²) in [5, 5.41) is 6.79. The van der Waals surface area contributed by atoms with Crippen molar-refractivity contribution < 1.29 is 8.42 Å². The first kappa shape index (κ1) is 20.7. The SMILES string of the molecule is CN=C(NCc1cccc(S(=O)(=O)NC)c1)NC1CCC(C(C)C)CC1. The van der Waals surface area contributed by atoms with Crippen LogP contribution in [0.2, 0.25) is 0 Å². The van der Waals surface area contributed by atoms with E-state index < -0.39 is 10.0 Å². The van der Waals surface area contributed by atoms with Gasteiger partial charge in [-0.2, -0.15) is 0 Å². The highest BCUT2D eigenvalue weighted by molar-refractivity contribution is 7.89. The summed E-state index contributed by atoms with van der Waals surface area (Å²) in [5.41, 5.74) is 0.896. The van der Waals surface area contributed by atoms with E-state index in [1.807, 2.05) is 6.07 Å². The average Bonchev–Trinajstić information content (AvgIpc) is 2.65. The van der Waals surface area contributed by atoms with E-state index in [1.54, 1.807) is 25.2 Å². The number of sulfonamides is 1. The molecule has 1 saturated carbocycles. The molecule has 3 N–H and O–H groups in total. The third-order valence-corrected chi connectivity index (χ3v) is 6.63. The van der Waals surface area contributed by atoms with Crippen molar-refractivity contribution in [2.24, 2.45) is 16.8 Å². The van der Waals surface area contributed by atoms with Crippen LogP contribution in [0.5, 0.6) is 0 Å². The predicted octanol–water partition coefficient (Wildman–Crippen LogP) is 2.47. The Hall–Kier alpha value is -1.60. The van der Waals surface area contributed by atoms with Gasteiger partial charge in [0.05, 0.1) is 4.90 Å². The van der Waals surface area contributed by atoms with Gasteiger partial charge >= 0.3 is 0 Å². The third-order valence-electron chi connectivity index (χ3n) is 5.22. The van der Waals surface area contributed by atoms with Crippen LogP contribution in [-0.2, 0) is 16.6 Å². The lowest BCUT2D eigenvalue weighted by Crippen LogP contribution is -2.44. The van der Waals surface area contributed by atoms with Crippen LogP contribution < -0.4 is 15.4 Å². The van der Waals surface area contributed by atoms with Crippen molar-refractivity contribution in [3.8, 4) is 0 Å². The van der Waals surface area contributed by atoms with Gasteiger partial charge in [0, 0.05) is 19.6 Å². The van der Waals surface area contributed by atoms with Crippen LogP contribution in [0.1, 0.15) is 45.1 Å². The van der Waals surface area contributed by atoms with Crippen LogP contribution in [0.3, 0.4) is 0 Å². The highest BCUT2D eigenvalue weighted by Crippen LogP contribution is 2.29. The van der Waals surface area contributed by atoms with Crippen molar-refractivity contribution >= 4 is 16.0 Å². The van der Waals surface area contributed by atoms with E-state index in [0.29, 0.717) is 12.6 Å². The molecule has 0 radical (unpaired) electrons. The molecule has 26 heavy (non-hydrogen) atoms. The summed E-state index contributed by atoms with van der Waals surface area (Å²) in [7, 11) is -0.246. The van der Waals surface area contributed by atoms with Gasteiger partial charge in [-0.1, -0.05) is 26.0 Å². The Morgan fingerprint density at radius 1 is 1.23 bits per heavy atom. The summed E-state index contributed by atoms with van der Waals surface area (Å²) >= 11 is 0. The van der Waals surface area contributed by atoms with Crippen molar-refractivity contribution in [3.63, 3.8) is 0 Å². The van der Waals surface area contributed by atoms with Crippen molar-refractivity contribution in [2.75, 3.05) is 14.1 Å². The summed E-state index contributed by atoms with van der Waals surface area (Å²) < 4.78 is 26.2. The molecule has 2 rings (SSSR count). The first-order chi connectivity index (χ1) is 12.4. The summed E-state index contributed by atoms with van der Waals surface area (Å²) in [4.78, 5) is 4.57. The molecule has 0 spiro atoms. The number of nitrogens with one attached hydrogen (secondary N) is 3. The van der Waals surface area contributed by atoms with E-state index in [9.17, 15) is 8.42 Å². The molecule has 0 unspecified atom stereocenters. The summed E-state index contributed by atoms with van der Waals surface area (Å²) in [5.74, 6) is 2.36. The normalized spacial score (nSPS) is 21.7. The molecule has 0 bridgehead atoms. The zero-order valence-corrected chi connectivity index (χ0v) is 17.1. The Bertz CT molecular complexity index is 708. The maximum atomic E-state index is 11.9. The minimum atomic E-state index is -3.42. The molecule has 0 heterocycles. The van der Waals surface area contributed by atoms with Crippen molar-refractivity contribution in [1.29, 1.82) is 0 Å². The molecule has 0 saturated heterocycles. The van der Waals surface area contributed by atoms with Crippen LogP contribution in [0.15, 0.2) is 34.2 Å². The van der Waals surface area contributed by atoms with E-state index in [0.717, 1.165) is 23.4 Å². The second-order valence-electron chi connectivity index (χ2n) is 7.28. The van der Waals surface area contributed by atoms with Crippen molar-refractivity contribution in [1.82, 2.24) is 15.4 Å². The molecule has 1 aromatic rings. The molecule has 7 heteroatoms. The van der Waals surface area contributed by atoms with Crippen LogP contribution in [0, 0.1) is 11.8 Å². The van der Waals surface area contributed by atoms with E-state index in [2.05, 4.69) is 34.2 Å². The Morgan fingerprint density at radius 2 is 1.92 bits per heavy atom. The molecule has 0 aromatic heterocycles. The lowest BCUT2D eigenvalue weighted by Gasteiger charge is -2.32. The molecule has 146 valence electrons. The fourth-order valence-corrected chi connectivity index (χ4v) is 4.24. The third kappa shape index (κ3) is 5.71. The van der Waals surface area contributed by atoms with Crippen LogP contribution in [0.4, 0.5) is 0 Å². The highest BCUT2D eigenvalue weighted by atomic mass is 32.2. The Labute approximate surface area is 157 Å². The first-order valence-electron chi connectivity index (χ1n) is 9.35. The zero-order chi connectivity index (χ0) is 19.2.